The SMILES string of the molecule is CO[C@@H]1C[C@@H]1N=C(c1ccccc1)c1ccccc1. The largest absolute Gasteiger partial charge is 0.379 e. The van der Waals surface area contributed by atoms with E-state index in [1.807, 2.05) is 12.1 Å². The molecule has 1 fully saturated rings. The van der Waals surface area contributed by atoms with E-state index < -0.39 is 0 Å². The van der Waals surface area contributed by atoms with Crippen LogP contribution in [0.4, 0.5) is 0 Å². The maximum atomic E-state index is 5.34. The molecule has 2 atom stereocenters. The van der Waals surface area contributed by atoms with Gasteiger partial charge in [-0.15, -0.1) is 0 Å². The van der Waals surface area contributed by atoms with Crippen LogP contribution in [0.5, 0.6) is 0 Å². The molecule has 0 aliphatic heterocycles. The minimum Gasteiger partial charge on any atom is -0.379 e. The fourth-order valence-corrected chi connectivity index (χ4v) is 2.22. The monoisotopic (exact) mass is 251 g/mol. The Morgan fingerprint density at radius 2 is 1.47 bits per heavy atom. The molecule has 0 N–H and O–H groups in total. The molecule has 1 aliphatic carbocycles. The fraction of sp³-hybridized carbons (Fsp3) is 0.235. The zero-order chi connectivity index (χ0) is 13.1. The van der Waals surface area contributed by atoms with E-state index in [1.165, 1.54) is 0 Å². The van der Waals surface area contributed by atoms with E-state index in [4.69, 9.17) is 9.73 Å². The average molecular weight is 251 g/mol. The minimum atomic E-state index is 0.294. The van der Waals surface area contributed by atoms with Crippen molar-refractivity contribution in [2.45, 2.75) is 18.6 Å². The second-order valence-electron chi connectivity index (χ2n) is 4.79. The van der Waals surface area contributed by atoms with Crippen molar-refractivity contribution in [3.63, 3.8) is 0 Å². The molecule has 0 aromatic heterocycles. The van der Waals surface area contributed by atoms with Crippen LogP contribution >= 0.6 is 0 Å². The van der Waals surface area contributed by atoms with Gasteiger partial charge in [-0.05, 0) is 0 Å². The van der Waals surface area contributed by atoms with Crippen LogP contribution in [0.3, 0.4) is 0 Å². The molecule has 1 aliphatic rings. The maximum Gasteiger partial charge on any atom is 0.0817 e. The van der Waals surface area contributed by atoms with Gasteiger partial charge in [0.25, 0.3) is 0 Å². The first-order valence-corrected chi connectivity index (χ1v) is 6.60. The predicted octanol–water partition coefficient (Wildman–Crippen LogP) is 3.31. The predicted molar refractivity (Wildman–Crippen MR) is 77.7 cm³/mol. The standard InChI is InChI=1S/C17H17NO/c1-19-16-12-15(16)18-17(13-8-4-2-5-9-13)14-10-6-3-7-11-14/h2-11,15-16H,12H2,1H3/t15-,16+/m0/s1. The number of methoxy groups -OCH3 is 1. The second kappa shape index (κ2) is 5.37. The number of hydrogen-bond acceptors (Lipinski definition) is 2. The summed E-state index contributed by atoms with van der Waals surface area (Å²) in [5, 5.41) is 0. The van der Waals surface area contributed by atoms with Crippen LogP contribution in [-0.4, -0.2) is 25.0 Å². The van der Waals surface area contributed by atoms with Gasteiger partial charge in [0.15, 0.2) is 0 Å². The summed E-state index contributed by atoms with van der Waals surface area (Å²) in [6.07, 6.45) is 1.32. The number of ether oxygens (including phenoxy) is 1. The van der Waals surface area contributed by atoms with Crippen LogP contribution in [0.2, 0.25) is 0 Å². The van der Waals surface area contributed by atoms with Gasteiger partial charge in [-0.25, -0.2) is 0 Å². The number of hydrogen-bond donors (Lipinski definition) is 0. The molecule has 2 aromatic rings. The summed E-state index contributed by atoms with van der Waals surface area (Å²) in [5.74, 6) is 0. The molecule has 0 heterocycles. The maximum absolute atomic E-state index is 5.34. The molecular formula is C17H17NO. The number of nitrogens with zero attached hydrogens (tertiary/aromatic N) is 1. The lowest BCUT2D eigenvalue weighted by molar-refractivity contribution is 0.178. The first kappa shape index (κ1) is 12.1. The number of aliphatic imine (C=N–C) groups is 1. The summed E-state index contributed by atoms with van der Waals surface area (Å²) >= 11 is 0. The highest BCUT2D eigenvalue weighted by Gasteiger charge is 2.37. The summed E-state index contributed by atoms with van der Waals surface area (Å²) in [6, 6.07) is 21.0. The Morgan fingerprint density at radius 3 is 1.89 bits per heavy atom. The highest BCUT2D eigenvalue weighted by atomic mass is 16.5. The Balaban J connectivity index is 1.97. The molecule has 0 saturated heterocycles. The van der Waals surface area contributed by atoms with Gasteiger partial charge in [-0.2, -0.15) is 0 Å². The fourth-order valence-electron chi connectivity index (χ4n) is 2.22. The van der Waals surface area contributed by atoms with E-state index in [-0.39, 0.29) is 0 Å². The van der Waals surface area contributed by atoms with Crippen molar-refractivity contribution in [1.82, 2.24) is 0 Å². The van der Waals surface area contributed by atoms with Crippen LogP contribution < -0.4 is 0 Å². The normalized spacial score (nSPS) is 20.9. The van der Waals surface area contributed by atoms with Crippen molar-refractivity contribution >= 4 is 5.71 Å². The Labute approximate surface area is 113 Å². The highest BCUT2D eigenvalue weighted by molar-refractivity contribution is 6.13. The summed E-state index contributed by atoms with van der Waals surface area (Å²) in [5.41, 5.74) is 3.39. The topological polar surface area (TPSA) is 21.6 Å². The van der Waals surface area contributed by atoms with Gasteiger partial charge in [0.2, 0.25) is 0 Å². The molecule has 19 heavy (non-hydrogen) atoms. The van der Waals surface area contributed by atoms with Gasteiger partial charge < -0.3 is 4.74 Å². The summed E-state index contributed by atoms with van der Waals surface area (Å²) in [7, 11) is 1.75. The molecule has 0 amide bonds. The minimum absolute atomic E-state index is 0.294. The van der Waals surface area contributed by atoms with Crippen LogP contribution in [0.1, 0.15) is 17.5 Å². The summed E-state index contributed by atoms with van der Waals surface area (Å²) in [4.78, 5) is 4.87. The summed E-state index contributed by atoms with van der Waals surface area (Å²) in [6.45, 7) is 0. The van der Waals surface area contributed by atoms with E-state index in [0.717, 1.165) is 23.3 Å². The Kier molecular flexibility index (Phi) is 3.43. The zero-order valence-corrected chi connectivity index (χ0v) is 11.0. The molecule has 96 valence electrons. The van der Waals surface area contributed by atoms with Crippen molar-refractivity contribution in [2.75, 3.05) is 7.11 Å². The van der Waals surface area contributed by atoms with Crippen molar-refractivity contribution in [2.24, 2.45) is 4.99 Å². The molecule has 1 saturated carbocycles. The molecule has 3 rings (SSSR count). The van der Waals surface area contributed by atoms with Crippen LogP contribution in [-0.2, 0) is 4.74 Å². The van der Waals surface area contributed by atoms with Crippen molar-refractivity contribution in [3.05, 3.63) is 71.8 Å². The van der Waals surface area contributed by atoms with Gasteiger partial charge >= 0.3 is 0 Å². The molecular weight excluding hydrogens is 234 g/mol. The highest BCUT2D eigenvalue weighted by Crippen LogP contribution is 2.29. The third-order valence-corrected chi connectivity index (χ3v) is 3.39. The third-order valence-electron chi connectivity index (χ3n) is 3.39. The van der Waals surface area contributed by atoms with Crippen LogP contribution in [0, 0.1) is 0 Å². The first-order valence-electron chi connectivity index (χ1n) is 6.60. The molecule has 0 spiro atoms. The lowest BCUT2D eigenvalue weighted by Crippen LogP contribution is -2.06. The van der Waals surface area contributed by atoms with E-state index >= 15 is 0 Å². The number of rotatable bonds is 4. The van der Waals surface area contributed by atoms with Crippen molar-refractivity contribution in [1.29, 1.82) is 0 Å². The molecule has 0 unspecified atom stereocenters. The second-order valence-corrected chi connectivity index (χ2v) is 4.79. The molecule has 0 radical (unpaired) electrons. The lowest BCUT2D eigenvalue weighted by Gasteiger charge is -2.07. The third kappa shape index (κ3) is 2.74. The first-order chi connectivity index (χ1) is 9.38. The number of benzene rings is 2. The van der Waals surface area contributed by atoms with E-state index in [9.17, 15) is 0 Å². The smallest absolute Gasteiger partial charge is 0.0817 e. The Bertz CT molecular complexity index is 521. The molecule has 2 nitrogen and oxygen atoms in total. The molecule has 2 aromatic carbocycles. The zero-order valence-electron chi connectivity index (χ0n) is 11.0. The van der Waals surface area contributed by atoms with E-state index in [0.29, 0.717) is 12.1 Å². The van der Waals surface area contributed by atoms with Crippen LogP contribution in [0.25, 0.3) is 0 Å². The van der Waals surface area contributed by atoms with Crippen LogP contribution in [0.15, 0.2) is 65.7 Å². The van der Waals surface area contributed by atoms with Gasteiger partial charge in [-0.1, -0.05) is 60.7 Å². The summed E-state index contributed by atoms with van der Waals surface area (Å²) < 4.78 is 5.34. The van der Waals surface area contributed by atoms with Gasteiger partial charge in [0.1, 0.15) is 0 Å². The van der Waals surface area contributed by atoms with Gasteiger partial charge in [0.05, 0.1) is 17.9 Å². The lowest BCUT2D eigenvalue weighted by atomic mass is 10.0. The van der Waals surface area contributed by atoms with Gasteiger partial charge in [-0.3, -0.25) is 4.99 Å². The van der Waals surface area contributed by atoms with E-state index in [1.54, 1.807) is 7.11 Å². The quantitative estimate of drug-likeness (QED) is 0.764. The van der Waals surface area contributed by atoms with Crippen molar-refractivity contribution < 1.29 is 4.74 Å². The van der Waals surface area contributed by atoms with E-state index in [2.05, 4.69) is 48.5 Å². The average Bonchev–Trinajstić information content (AvgIpc) is 3.25. The van der Waals surface area contributed by atoms with Gasteiger partial charge in [0, 0.05) is 24.7 Å². The molecule has 2 heteroatoms. The Morgan fingerprint density at radius 1 is 0.947 bits per heavy atom. The van der Waals surface area contributed by atoms with Crippen molar-refractivity contribution in [3.8, 4) is 0 Å². The Hall–Kier alpha value is -1.93. The molecule has 0 bridgehead atoms.